The molecule has 18 heavy (non-hydrogen) atoms. The molecule has 0 spiro atoms. The zero-order valence-corrected chi connectivity index (χ0v) is 10.6. The zero-order chi connectivity index (χ0) is 12.5. The Bertz CT molecular complexity index is 542. The van der Waals surface area contributed by atoms with Crippen LogP contribution in [0.3, 0.4) is 0 Å². The lowest BCUT2D eigenvalue weighted by Crippen LogP contribution is -2.43. The fraction of sp³-hybridized carbons (Fsp3) is 0.429. The second-order valence-electron chi connectivity index (χ2n) is 4.99. The van der Waals surface area contributed by atoms with Crippen LogP contribution in [0.15, 0.2) is 28.7 Å². The summed E-state index contributed by atoms with van der Waals surface area (Å²) in [4.78, 5) is 4.72. The monoisotopic (exact) mass is 246 g/mol. The van der Waals surface area contributed by atoms with Gasteiger partial charge in [-0.05, 0) is 19.2 Å². The fourth-order valence-electron chi connectivity index (χ4n) is 2.41. The first-order valence-corrected chi connectivity index (χ1v) is 6.34. The second-order valence-corrected chi connectivity index (χ2v) is 4.99. The summed E-state index contributed by atoms with van der Waals surface area (Å²) in [6, 6.07) is 7.48. The number of benzene rings is 1. The van der Waals surface area contributed by atoms with Crippen LogP contribution in [0.1, 0.15) is 5.76 Å². The van der Waals surface area contributed by atoms with E-state index >= 15 is 0 Å². The van der Waals surface area contributed by atoms with E-state index in [9.17, 15) is 5.11 Å². The van der Waals surface area contributed by atoms with Gasteiger partial charge in [0.1, 0.15) is 5.76 Å². The van der Waals surface area contributed by atoms with Gasteiger partial charge in [0, 0.05) is 31.6 Å². The van der Waals surface area contributed by atoms with Crippen molar-refractivity contribution < 1.29 is 9.52 Å². The maximum atomic E-state index is 9.71. The topological polar surface area (TPSA) is 39.9 Å². The Morgan fingerprint density at radius 1 is 1.22 bits per heavy atom. The first-order chi connectivity index (χ1) is 8.72. The highest BCUT2D eigenvalue weighted by atomic mass is 16.4. The molecule has 3 rings (SSSR count). The molecule has 0 bridgehead atoms. The summed E-state index contributed by atoms with van der Waals surface area (Å²) in [5.41, 5.74) is 0.599. The molecule has 4 nitrogen and oxygen atoms in total. The molecule has 0 radical (unpaired) electrons. The Hall–Kier alpha value is -1.52. The Morgan fingerprint density at radius 3 is 2.72 bits per heavy atom. The molecule has 96 valence electrons. The summed E-state index contributed by atoms with van der Waals surface area (Å²) >= 11 is 0. The number of phenols is 1. The van der Waals surface area contributed by atoms with Gasteiger partial charge in [0.05, 0.1) is 6.54 Å². The van der Waals surface area contributed by atoms with Crippen molar-refractivity contribution in [3.05, 3.63) is 30.0 Å². The molecule has 1 N–H and O–H groups in total. The van der Waals surface area contributed by atoms with Gasteiger partial charge in [-0.25, -0.2) is 0 Å². The van der Waals surface area contributed by atoms with Gasteiger partial charge in [0.15, 0.2) is 11.3 Å². The Kier molecular flexibility index (Phi) is 2.97. The predicted molar refractivity (Wildman–Crippen MR) is 70.7 cm³/mol. The minimum Gasteiger partial charge on any atom is -0.504 e. The van der Waals surface area contributed by atoms with Crippen LogP contribution in [0.4, 0.5) is 0 Å². The van der Waals surface area contributed by atoms with Crippen molar-refractivity contribution in [3.8, 4) is 5.75 Å². The number of hydrogen-bond acceptors (Lipinski definition) is 4. The quantitative estimate of drug-likeness (QED) is 0.878. The van der Waals surface area contributed by atoms with Crippen molar-refractivity contribution in [2.24, 2.45) is 0 Å². The molecule has 4 heteroatoms. The Labute approximate surface area is 106 Å². The average Bonchev–Trinajstić information content (AvgIpc) is 2.76. The van der Waals surface area contributed by atoms with Crippen molar-refractivity contribution in [1.82, 2.24) is 9.80 Å². The normalized spacial score (nSPS) is 18.5. The summed E-state index contributed by atoms with van der Waals surface area (Å²) in [6.07, 6.45) is 0. The van der Waals surface area contributed by atoms with E-state index in [1.54, 1.807) is 6.07 Å². The van der Waals surface area contributed by atoms with Crippen molar-refractivity contribution >= 4 is 11.0 Å². The van der Waals surface area contributed by atoms with Gasteiger partial charge >= 0.3 is 0 Å². The number of piperazine rings is 1. The predicted octanol–water partition coefficient (Wildman–Crippen LogP) is 1.89. The molecule has 1 fully saturated rings. The number of aromatic hydroxyl groups is 1. The molecule has 0 unspecified atom stereocenters. The van der Waals surface area contributed by atoms with Crippen LogP contribution in [0.25, 0.3) is 11.0 Å². The zero-order valence-electron chi connectivity index (χ0n) is 10.6. The summed E-state index contributed by atoms with van der Waals surface area (Å²) in [5, 5.41) is 10.7. The highest BCUT2D eigenvalue weighted by molar-refractivity contribution is 5.83. The number of para-hydroxylation sites is 1. The number of hydrogen-bond donors (Lipinski definition) is 1. The summed E-state index contributed by atoms with van der Waals surface area (Å²) in [6.45, 7) is 5.16. The van der Waals surface area contributed by atoms with Gasteiger partial charge in [0.25, 0.3) is 0 Å². The molecule has 1 aliphatic heterocycles. The molecule has 1 aromatic heterocycles. The number of phenolic OH excluding ortho intramolecular Hbond substituents is 1. The molecule has 1 saturated heterocycles. The highest BCUT2D eigenvalue weighted by Gasteiger charge is 2.16. The van der Waals surface area contributed by atoms with Crippen LogP contribution in [0.5, 0.6) is 5.75 Å². The van der Waals surface area contributed by atoms with Crippen molar-refractivity contribution in [1.29, 1.82) is 0 Å². The maximum Gasteiger partial charge on any atom is 0.175 e. The van der Waals surface area contributed by atoms with Crippen LogP contribution in [-0.4, -0.2) is 48.1 Å². The lowest BCUT2D eigenvalue weighted by molar-refractivity contribution is 0.141. The van der Waals surface area contributed by atoms with Crippen molar-refractivity contribution in [3.63, 3.8) is 0 Å². The van der Waals surface area contributed by atoms with Crippen LogP contribution in [0, 0.1) is 0 Å². The third-order valence-corrected chi connectivity index (χ3v) is 3.55. The molecule has 2 aromatic rings. The SMILES string of the molecule is CN1CCN(Cc2cc3cccc(O)c3o2)CC1. The number of fused-ring (bicyclic) bond motifs is 1. The average molecular weight is 246 g/mol. The van der Waals surface area contributed by atoms with Gasteiger partial charge in [-0.2, -0.15) is 0 Å². The van der Waals surface area contributed by atoms with Gasteiger partial charge < -0.3 is 14.4 Å². The Balaban J connectivity index is 1.77. The molecular formula is C14H18N2O2. The van der Waals surface area contributed by atoms with E-state index in [0.29, 0.717) is 5.58 Å². The first-order valence-electron chi connectivity index (χ1n) is 6.34. The first kappa shape index (κ1) is 11.6. The molecule has 1 aromatic carbocycles. The third kappa shape index (κ3) is 2.21. The number of likely N-dealkylation sites (N-methyl/N-ethyl adjacent to an activating group) is 1. The lowest BCUT2D eigenvalue weighted by Gasteiger charge is -2.31. The number of nitrogens with zero attached hydrogens (tertiary/aromatic N) is 2. The third-order valence-electron chi connectivity index (χ3n) is 3.55. The smallest absolute Gasteiger partial charge is 0.175 e. The van der Waals surface area contributed by atoms with Crippen LogP contribution in [-0.2, 0) is 6.54 Å². The molecule has 2 heterocycles. The van der Waals surface area contributed by atoms with E-state index in [1.165, 1.54) is 0 Å². The molecule has 1 aliphatic rings. The van der Waals surface area contributed by atoms with E-state index in [-0.39, 0.29) is 5.75 Å². The fourth-order valence-corrected chi connectivity index (χ4v) is 2.41. The van der Waals surface area contributed by atoms with Crippen molar-refractivity contribution in [2.45, 2.75) is 6.54 Å². The molecule has 0 aliphatic carbocycles. The molecule has 0 atom stereocenters. The van der Waals surface area contributed by atoms with E-state index in [0.717, 1.165) is 43.9 Å². The minimum absolute atomic E-state index is 0.220. The van der Waals surface area contributed by atoms with E-state index in [1.807, 2.05) is 18.2 Å². The lowest BCUT2D eigenvalue weighted by atomic mass is 10.2. The van der Waals surface area contributed by atoms with E-state index < -0.39 is 0 Å². The molecule has 0 amide bonds. The van der Waals surface area contributed by atoms with Crippen LogP contribution >= 0.6 is 0 Å². The van der Waals surface area contributed by atoms with Gasteiger partial charge in [-0.1, -0.05) is 12.1 Å². The van der Waals surface area contributed by atoms with Crippen LogP contribution in [0.2, 0.25) is 0 Å². The van der Waals surface area contributed by atoms with Crippen LogP contribution < -0.4 is 0 Å². The Morgan fingerprint density at radius 2 is 2.00 bits per heavy atom. The largest absolute Gasteiger partial charge is 0.504 e. The number of furan rings is 1. The van der Waals surface area contributed by atoms with Gasteiger partial charge in [-0.3, -0.25) is 4.90 Å². The molecular weight excluding hydrogens is 228 g/mol. The second kappa shape index (κ2) is 4.63. The molecule has 0 saturated carbocycles. The summed E-state index contributed by atoms with van der Waals surface area (Å²) < 4.78 is 5.72. The summed E-state index contributed by atoms with van der Waals surface area (Å²) in [5.74, 6) is 1.15. The van der Waals surface area contributed by atoms with E-state index in [4.69, 9.17) is 4.42 Å². The van der Waals surface area contributed by atoms with E-state index in [2.05, 4.69) is 16.8 Å². The number of rotatable bonds is 2. The van der Waals surface area contributed by atoms with Gasteiger partial charge in [-0.15, -0.1) is 0 Å². The standard InChI is InChI=1S/C14H18N2O2/c1-15-5-7-16(8-6-15)10-12-9-11-3-2-4-13(17)14(11)18-12/h2-4,9,17H,5-8,10H2,1H3. The summed E-state index contributed by atoms with van der Waals surface area (Å²) in [7, 11) is 2.15. The highest BCUT2D eigenvalue weighted by Crippen LogP contribution is 2.28. The van der Waals surface area contributed by atoms with Crippen molar-refractivity contribution in [2.75, 3.05) is 33.2 Å². The maximum absolute atomic E-state index is 9.71. The minimum atomic E-state index is 0.220. The van der Waals surface area contributed by atoms with Gasteiger partial charge in [0.2, 0.25) is 0 Å².